The molecule has 0 spiro atoms. The van der Waals surface area contributed by atoms with Crippen LogP contribution in [0, 0.1) is 0 Å². The van der Waals surface area contributed by atoms with Gasteiger partial charge < -0.3 is 0 Å². The fourth-order valence-electron chi connectivity index (χ4n) is 2.23. The molecular weight excluding hydrogens is 342 g/mol. The lowest BCUT2D eigenvalue weighted by Gasteiger charge is -2.07. The summed E-state index contributed by atoms with van der Waals surface area (Å²) in [5.41, 5.74) is 1.43. The third-order valence-corrected chi connectivity index (χ3v) is 5.80. The molecule has 122 valence electrons. The number of rotatable bonds is 6. The molecule has 0 aliphatic carbocycles. The zero-order valence-electron chi connectivity index (χ0n) is 12.7. The van der Waals surface area contributed by atoms with E-state index in [1.54, 1.807) is 47.7 Å². The molecule has 3 aromatic rings. The van der Waals surface area contributed by atoms with Crippen molar-refractivity contribution in [2.45, 2.75) is 4.90 Å². The van der Waals surface area contributed by atoms with E-state index in [0.717, 1.165) is 10.4 Å². The Bertz CT molecular complexity index is 933. The van der Waals surface area contributed by atoms with Crippen molar-refractivity contribution >= 4 is 27.1 Å². The van der Waals surface area contributed by atoms with Crippen LogP contribution in [-0.2, 0) is 10.0 Å². The molecule has 0 aliphatic heterocycles. The second-order valence-corrected chi connectivity index (χ2v) is 7.83. The Morgan fingerprint density at radius 1 is 0.958 bits per heavy atom. The number of nitrogens with one attached hydrogen (secondary N) is 1. The van der Waals surface area contributed by atoms with E-state index in [9.17, 15) is 13.2 Å². The van der Waals surface area contributed by atoms with Crippen molar-refractivity contribution in [3.8, 4) is 10.4 Å². The smallest absolute Gasteiger partial charge is 0.240 e. The van der Waals surface area contributed by atoms with Crippen LogP contribution in [0.5, 0.6) is 0 Å². The molecule has 3 rings (SSSR count). The molecular formula is C18H15NO3S2. The first-order valence-electron chi connectivity index (χ1n) is 7.28. The summed E-state index contributed by atoms with van der Waals surface area (Å²) in [5, 5.41) is 1.97. The van der Waals surface area contributed by atoms with Crippen molar-refractivity contribution in [3.05, 3.63) is 77.7 Å². The minimum Gasteiger partial charge on any atom is -0.293 e. The van der Waals surface area contributed by atoms with E-state index < -0.39 is 10.0 Å². The molecule has 0 aliphatic rings. The molecule has 1 aromatic heterocycles. The fourth-order valence-corrected chi connectivity index (χ4v) is 3.96. The van der Waals surface area contributed by atoms with Gasteiger partial charge in [0.2, 0.25) is 10.0 Å². The minimum atomic E-state index is -3.69. The van der Waals surface area contributed by atoms with Crippen molar-refractivity contribution in [1.29, 1.82) is 0 Å². The average Bonchev–Trinajstić information content (AvgIpc) is 3.15. The number of hydrogen-bond acceptors (Lipinski definition) is 4. The van der Waals surface area contributed by atoms with Crippen LogP contribution in [0.3, 0.4) is 0 Å². The molecule has 0 saturated heterocycles. The van der Waals surface area contributed by atoms with Crippen LogP contribution in [-0.4, -0.2) is 20.7 Å². The van der Waals surface area contributed by atoms with Gasteiger partial charge in [0.25, 0.3) is 0 Å². The predicted molar refractivity (Wildman–Crippen MR) is 95.7 cm³/mol. The van der Waals surface area contributed by atoms with Gasteiger partial charge in [-0.25, -0.2) is 13.1 Å². The number of thiophene rings is 1. The van der Waals surface area contributed by atoms with E-state index in [4.69, 9.17) is 0 Å². The number of hydrogen-bond donors (Lipinski definition) is 1. The van der Waals surface area contributed by atoms with Crippen molar-refractivity contribution in [3.63, 3.8) is 0 Å². The summed E-state index contributed by atoms with van der Waals surface area (Å²) in [6.45, 7) is -0.273. The van der Waals surface area contributed by atoms with E-state index in [-0.39, 0.29) is 17.2 Å². The molecule has 0 radical (unpaired) electrons. The number of carbonyl (C=O) groups is 1. The summed E-state index contributed by atoms with van der Waals surface area (Å²) < 4.78 is 26.7. The standard InChI is InChI=1S/C18H15NO3S2/c20-17(13-19-24(21,22)16-8-2-1-3-9-16)14-6-4-7-15(12-14)18-10-5-11-23-18/h1-12,19H,13H2. The topological polar surface area (TPSA) is 63.2 Å². The highest BCUT2D eigenvalue weighted by molar-refractivity contribution is 7.89. The molecule has 4 nitrogen and oxygen atoms in total. The molecule has 24 heavy (non-hydrogen) atoms. The van der Waals surface area contributed by atoms with E-state index in [2.05, 4.69) is 4.72 Å². The number of carbonyl (C=O) groups excluding carboxylic acids is 1. The van der Waals surface area contributed by atoms with Gasteiger partial charge in [0.15, 0.2) is 5.78 Å². The Balaban J connectivity index is 1.73. The van der Waals surface area contributed by atoms with E-state index in [1.165, 1.54) is 12.1 Å². The Labute approximate surface area is 144 Å². The van der Waals surface area contributed by atoms with E-state index >= 15 is 0 Å². The molecule has 0 unspecified atom stereocenters. The maximum atomic E-state index is 12.3. The van der Waals surface area contributed by atoms with Crippen molar-refractivity contribution < 1.29 is 13.2 Å². The summed E-state index contributed by atoms with van der Waals surface area (Å²) in [5.74, 6) is -0.270. The van der Waals surface area contributed by atoms with Gasteiger partial charge in [0.1, 0.15) is 0 Å². The highest BCUT2D eigenvalue weighted by atomic mass is 32.2. The molecule has 2 aromatic carbocycles. The summed E-state index contributed by atoms with van der Waals surface area (Å²) >= 11 is 1.59. The van der Waals surface area contributed by atoms with Gasteiger partial charge in [-0.2, -0.15) is 0 Å². The zero-order chi connectivity index (χ0) is 17.0. The first-order valence-corrected chi connectivity index (χ1v) is 9.64. The molecule has 0 fully saturated rings. The van der Waals surface area contributed by atoms with Crippen LogP contribution in [0.25, 0.3) is 10.4 Å². The molecule has 0 saturated carbocycles. The molecule has 1 heterocycles. The van der Waals surface area contributed by atoms with Gasteiger partial charge in [0.05, 0.1) is 11.4 Å². The first-order chi connectivity index (χ1) is 11.6. The summed E-state index contributed by atoms with van der Waals surface area (Å²) in [6, 6.07) is 19.1. The van der Waals surface area contributed by atoms with Crippen LogP contribution in [0.15, 0.2) is 77.0 Å². The van der Waals surface area contributed by atoms with E-state index in [1.807, 2.05) is 23.6 Å². The van der Waals surface area contributed by atoms with Crippen LogP contribution in [0.1, 0.15) is 10.4 Å². The predicted octanol–water partition coefficient (Wildman–Crippen LogP) is 3.58. The highest BCUT2D eigenvalue weighted by Crippen LogP contribution is 2.25. The summed E-state index contributed by atoms with van der Waals surface area (Å²) in [4.78, 5) is 13.5. The molecule has 0 atom stereocenters. The second-order valence-electron chi connectivity index (χ2n) is 5.12. The van der Waals surface area contributed by atoms with Crippen molar-refractivity contribution in [1.82, 2.24) is 4.72 Å². The van der Waals surface area contributed by atoms with Gasteiger partial charge in [0, 0.05) is 10.4 Å². The van der Waals surface area contributed by atoms with Crippen LogP contribution >= 0.6 is 11.3 Å². The number of Topliss-reactive ketones (excluding diaryl/α,β-unsaturated/α-hetero) is 1. The van der Waals surface area contributed by atoms with Gasteiger partial charge >= 0.3 is 0 Å². The number of ketones is 1. The Hall–Kier alpha value is -2.28. The third-order valence-electron chi connectivity index (χ3n) is 3.47. The largest absolute Gasteiger partial charge is 0.293 e. The van der Waals surface area contributed by atoms with Crippen molar-refractivity contribution in [2.24, 2.45) is 0 Å². The Morgan fingerprint density at radius 3 is 2.46 bits per heavy atom. The maximum Gasteiger partial charge on any atom is 0.240 e. The normalized spacial score (nSPS) is 11.3. The second kappa shape index (κ2) is 7.09. The van der Waals surface area contributed by atoms with Gasteiger partial charge in [-0.05, 0) is 35.2 Å². The Kier molecular flexibility index (Phi) is 4.89. The third kappa shape index (κ3) is 3.79. The lowest BCUT2D eigenvalue weighted by Crippen LogP contribution is -2.29. The summed E-state index contributed by atoms with van der Waals surface area (Å²) in [6.07, 6.45) is 0. The average molecular weight is 357 g/mol. The fraction of sp³-hybridized carbons (Fsp3) is 0.0556. The zero-order valence-corrected chi connectivity index (χ0v) is 14.3. The molecule has 0 amide bonds. The first kappa shape index (κ1) is 16.6. The number of sulfonamides is 1. The molecule has 0 bridgehead atoms. The lowest BCUT2D eigenvalue weighted by molar-refractivity contribution is 0.0997. The van der Waals surface area contributed by atoms with Crippen molar-refractivity contribution in [2.75, 3.05) is 6.54 Å². The van der Waals surface area contributed by atoms with Gasteiger partial charge in [-0.15, -0.1) is 11.3 Å². The van der Waals surface area contributed by atoms with Crippen LogP contribution in [0.4, 0.5) is 0 Å². The quantitative estimate of drug-likeness (QED) is 0.686. The van der Waals surface area contributed by atoms with Crippen LogP contribution in [0.2, 0.25) is 0 Å². The lowest BCUT2D eigenvalue weighted by atomic mass is 10.1. The maximum absolute atomic E-state index is 12.3. The monoisotopic (exact) mass is 357 g/mol. The summed E-state index contributed by atoms with van der Waals surface area (Å²) in [7, 11) is -3.69. The SMILES string of the molecule is O=C(CNS(=O)(=O)c1ccccc1)c1cccc(-c2cccs2)c1. The Morgan fingerprint density at radius 2 is 1.75 bits per heavy atom. The number of benzene rings is 2. The minimum absolute atomic E-state index is 0.144. The van der Waals surface area contributed by atoms with E-state index in [0.29, 0.717) is 5.56 Å². The van der Waals surface area contributed by atoms with Gasteiger partial charge in [-0.1, -0.05) is 42.5 Å². The highest BCUT2D eigenvalue weighted by Gasteiger charge is 2.16. The molecule has 1 N–H and O–H groups in total. The van der Waals surface area contributed by atoms with Gasteiger partial charge in [-0.3, -0.25) is 4.79 Å². The molecule has 6 heteroatoms. The van der Waals surface area contributed by atoms with Crippen LogP contribution < -0.4 is 4.72 Å².